The number of hydrogen-bond acceptors (Lipinski definition) is 5. The highest BCUT2D eigenvalue weighted by molar-refractivity contribution is 5.96. The molecule has 2 aromatic carbocycles. The van der Waals surface area contributed by atoms with Crippen LogP contribution in [0.15, 0.2) is 42.5 Å². The highest BCUT2D eigenvalue weighted by Gasteiger charge is 2.30. The third kappa shape index (κ3) is 5.96. The first-order chi connectivity index (χ1) is 16.1. The third-order valence-corrected chi connectivity index (χ3v) is 5.26. The Morgan fingerprint density at radius 2 is 1.88 bits per heavy atom. The lowest BCUT2D eigenvalue weighted by Gasteiger charge is -2.26. The van der Waals surface area contributed by atoms with Crippen LogP contribution in [0.25, 0.3) is 10.9 Å². The van der Waals surface area contributed by atoms with Crippen LogP contribution in [-0.2, 0) is 20.9 Å². The molecule has 1 unspecified atom stereocenters. The zero-order valence-corrected chi connectivity index (χ0v) is 18.7. The summed E-state index contributed by atoms with van der Waals surface area (Å²) in [5.41, 5.74) is -0.175. The van der Waals surface area contributed by atoms with E-state index in [0.717, 1.165) is 18.2 Å². The van der Waals surface area contributed by atoms with Crippen molar-refractivity contribution in [2.75, 3.05) is 18.1 Å². The van der Waals surface area contributed by atoms with Crippen molar-refractivity contribution in [2.24, 2.45) is 0 Å². The van der Waals surface area contributed by atoms with Crippen molar-refractivity contribution in [1.29, 1.82) is 0 Å². The minimum absolute atomic E-state index is 0.0131. The van der Waals surface area contributed by atoms with Gasteiger partial charge in [0.2, 0.25) is 6.41 Å². The van der Waals surface area contributed by atoms with Gasteiger partial charge >= 0.3 is 5.97 Å². The number of carbonyl (C=O) groups excluding carboxylic acids is 3. The molecule has 0 aliphatic heterocycles. The minimum Gasteiger partial charge on any atom is -0.461 e. The summed E-state index contributed by atoms with van der Waals surface area (Å²) in [4.78, 5) is 40.3. The Labute approximate surface area is 194 Å². The van der Waals surface area contributed by atoms with Crippen LogP contribution in [0, 0.1) is 11.6 Å². The number of aromatic amines is 1. The Morgan fingerprint density at radius 1 is 1.18 bits per heavy atom. The average Bonchev–Trinajstić information content (AvgIpc) is 3.21. The number of nitrogens with zero attached hydrogens (tertiary/aromatic N) is 1. The lowest BCUT2D eigenvalue weighted by atomic mass is 10.0. The van der Waals surface area contributed by atoms with Crippen molar-refractivity contribution in [2.45, 2.75) is 32.4 Å². The van der Waals surface area contributed by atoms with Gasteiger partial charge in [-0.2, -0.15) is 0 Å². The van der Waals surface area contributed by atoms with Crippen LogP contribution in [0.2, 0.25) is 0 Å². The van der Waals surface area contributed by atoms with Crippen LogP contribution in [0.3, 0.4) is 0 Å². The van der Waals surface area contributed by atoms with E-state index in [1.807, 2.05) is 0 Å². The number of nitrogens with one attached hydrogen (secondary N) is 2. The van der Waals surface area contributed by atoms with E-state index in [9.17, 15) is 28.3 Å². The summed E-state index contributed by atoms with van der Waals surface area (Å²) in [5, 5.41) is 13.7. The number of amides is 2. The Kier molecular flexibility index (Phi) is 7.62. The average molecular weight is 473 g/mol. The van der Waals surface area contributed by atoms with Gasteiger partial charge in [0.1, 0.15) is 22.9 Å². The smallest absolute Gasteiger partial charge is 0.354 e. The second kappa shape index (κ2) is 10.4. The number of aromatic nitrogens is 1. The number of rotatable bonds is 10. The molecule has 0 spiro atoms. The fourth-order valence-electron chi connectivity index (χ4n) is 3.40. The van der Waals surface area contributed by atoms with Crippen LogP contribution < -0.4 is 10.2 Å². The molecule has 0 radical (unpaired) electrons. The van der Waals surface area contributed by atoms with E-state index < -0.39 is 29.1 Å². The molecule has 0 saturated carbocycles. The molecular formula is C24H25F2N3O5. The monoisotopic (exact) mass is 473 g/mol. The molecule has 3 rings (SSSR count). The zero-order chi connectivity index (χ0) is 24.9. The van der Waals surface area contributed by atoms with Crippen molar-refractivity contribution in [3.8, 4) is 0 Å². The molecule has 10 heteroatoms. The summed E-state index contributed by atoms with van der Waals surface area (Å²) in [6.07, 6.45) is 0.470. The number of H-pyrrole nitrogens is 1. The zero-order valence-electron chi connectivity index (χ0n) is 18.7. The molecule has 2 amide bonds. The number of halogens is 2. The third-order valence-electron chi connectivity index (χ3n) is 5.26. The minimum atomic E-state index is -1.84. The van der Waals surface area contributed by atoms with E-state index >= 15 is 0 Å². The summed E-state index contributed by atoms with van der Waals surface area (Å²) in [6, 6.07) is 9.54. The largest absolute Gasteiger partial charge is 0.461 e. The molecule has 34 heavy (non-hydrogen) atoms. The van der Waals surface area contributed by atoms with Crippen LogP contribution in [0.4, 0.5) is 14.5 Å². The molecule has 3 aromatic rings. The molecule has 8 nitrogen and oxygen atoms in total. The highest BCUT2D eigenvalue weighted by Crippen LogP contribution is 2.24. The van der Waals surface area contributed by atoms with Crippen molar-refractivity contribution in [3.63, 3.8) is 0 Å². The maximum atomic E-state index is 13.3. The first kappa shape index (κ1) is 24.8. The van der Waals surface area contributed by atoms with Gasteiger partial charge in [0, 0.05) is 42.2 Å². The highest BCUT2D eigenvalue weighted by atomic mass is 19.1. The number of hydrogen-bond donors (Lipinski definition) is 3. The number of carbonyl (C=O) groups is 3. The van der Waals surface area contributed by atoms with E-state index in [2.05, 4.69) is 10.3 Å². The molecule has 1 aromatic heterocycles. The van der Waals surface area contributed by atoms with E-state index in [4.69, 9.17) is 4.74 Å². The quantitative estimate of drug-likeness (QED) is 0.310. The predicted octanol–water partition coefficient (Wildman–Crippen LogP) is 3.04. The van der Waals surface area contributed by atoms with Gasteiger partial charge in [-0.05, 0) is 55.8 Å². The molecule has 0 aliphatic carbocycles. The van der Waals surface area contributed by atoms with Crippen LogP contribution >= 0.6 is 0 Å². The summed E-state index contributed by atoms with van der Waals surface area (Å²) in [5.74, 6) is -2.78. The fraction of sp³-hybridized carbons (Fsp3) is 0.292. The maximum Gasteiger partial charge on any atom is 0.354 e. The van der Waals surface area contributed by atoms with Crippen molar-refractivity contribution >= 4 is 34.9 Å². The summed E-state index contributed by atoms with van der Waals surface area (Å²) in [6.45, 7) is 3.08. The van der Waals surface area contributed by atoms with Crippen LogP contribution in [0.1, 0.15) is 36.3 Å². The number of aliphatic hydroxyl groups is 1. The Bertz CT molecular complexity index is 1190. The lowest BCUT2D eigenvalue weighted by molar-refractivity contribution is -0.138. The Balaban J connectivity index is 1.64. The first-order valence-electron chi connectivity index (χ1n) is 10.6. The molecule has 1 atom stereocenters. The van der Waals surface area contributed by atoms with Gasteiger partial charge in [0.05, 0.1) is 6.61 Å². The van der Waals surface area contributed by atoms with Gasteiger partial charge < -0.3 is 25.0 Å². The van der Waals surface area contributed by atoms with E-state index in [1.165, 1.54) is 11.8 Å². The fourth-order valence-corrected chi connectivity index (χ4v) is 3.40. The molecule has 3 N–H and O–H groups in total. The SMILES string of the molecule is CCOC(=O)c1cc2cc(N(C=O)CCC(C)(O)C(=O)NCc3cc(F)cc(F)c3)ccc2[nH]1. The second-order valence-electron chi connectivity index (χ2n) is 7.96. The van der Waals surface area contributed by atoms with Gasteiger partial charge in [0.15, 0.2) is 0 Å². The van der Waals surface area contributed by atoms with E-state index in [-0.39, 0.29) is 37.4 Å². The van der Waals surface area contributed by atoms with Crippen molar-refractivity contribution in [1.82, 2.24) is 10.3 Å². The second-order valence-corrected chi connectivity index (χ2v) is 7.96. The molecule has 180 valence electrons. The van der Waals surface area contributed by atoms with Gasteiger partial charge in [-0.1, -0.05) is 0 Å². The van der Waals surface area contributed by atoms with Gasteiger partial charge in [-0.15, -0.1) is 0 Å². The molecule has 0 fully saturated rings. The molecule has 1 heterocycles. The standard InChI is InChI=1S/C24H25F2N3O5/c1-3-34-22(31)21-11-16-10-19(4-5-20(16)28-21)29(14-30)7-6-24(2,33)23(32)27-13-15-8-17(25)12-18(26)9-15/h4-5,8-12,14,28,33H,3,6-7,13H2,1-2H3,(H,27,32). The number of benzene rings is 2. The maximum absolute atomic E-state index is 13.3. The Morgan fingerprint density at radius 3 is 2.53 bits per heavy atom. The molecule has 0 aliphatic rings. The predicted molar refractivity (Wildman–Crippen MR) is 121 cm³/mol. The number of fused-ring (bicyclic) bond motifs is 1. The van der Waals surface area contributed by atoms with Gasteiger partial charge in [0.25, 0.3) is 5.91 Å². The van der Waals surface area contributed by atoms with E-state index in [1.54, 1.807) is 31.2 Å². The number of esters is 1. The lowest BCUT2D eigenvalue weighted by Crippen LogP contribution is -2.46. The summed E-state index contributed by atoms with van der Waals surface area (Å²) < 4.78 is 31.6. The number of anilines is 1. The molecular weight excluding hydrogens is 448 g/mol. The normalized spacial score (nSPS) is 12.7. The van der Waals surface area contributed by atoms with Gasteiger partial charge in [-0.25, -0.2) is 13.6 Å². The summed E-state index contributed by atoms with van der Waals surface area (Å²) in [7, 11) is 0. The first-order valence-corrected chi connectivity index (χ1v) is 10.6. The van der Waals surface area contributed by atoms with Crippen molar-refractivity contribution in [3.05, 3.63) is 65.4 Å². The molecule has 0 bridgehead atoms. The van der Waals surface area contributed by atoms with Crippen LogP contribution in [-0.4, -0.2) is 47.1 Å². The van der Waals surface area contributed by atoms with Crippen LogP contribution in [0.5, 0.6) is 0 Å². The number of ether oxygens (including phenoxy) is 1. The van der Waals surface area contributed by atoms with Crippen molar-refractivity contribution < 1.29 is 33.0 Å². The van der Waals surface area contributed by atoms with Gasteiger partial charge in [-0.3, -0.25) is 9.59 Å². The molecule has 0 saturated heterocycles. The Hall–Kier alpha value is -3.79. The summed E-state index contributed by atoms with van der Waals surface area (Å²) >= 11 is 0. The topological polar surface area (TPSA) is 112 Å². The van der Waals surface area contributed by atoms with E-state index in [0.29, 0.717) is 23.0 Å².